The molecule has 1 aliphatic rings. The predicted molar refractivity (Wildman–Crippen MR) is 90.2 cm³/mol. The highest BCUT2D eigenvalue weighted by Crippen LogP contribution is 2.41. The summed E-state index contributed by atoms with van der Waals surface area (Å²) < 4.78 is 0.512. The Morgan fingerprint density at radius 3 is 2.42 bits per heavy atom. The number of hydrogen-bond donors (Lipinski definition) is 1. The maximum Gasteiger partial charge on any atom is 0.0285 e. The molecule has 1 N–H and O–H groups in total. The van der Waals surface area contributed by atoms with Crippen LogP contribution in [0.15, 0.2) is 0 Å². The smallest absolute Gasteiger partial charge is 0.0285 e. The lowest BCUT2D eigenvalue weighted by molar-refractivity contribution is 0.367. The van der Waals surface area contributed by atoms with Gasteiger partial charge >= 0.3 is 0 Å². The molecule has 2 unspecified atom stereocenters. The fraction of sp³-hybridized carbons (Fsp3) is 1.00. The van der Waals surface area contributed by atoms with Gasteiger partial charge in [0.05, 0.1) is 0 Å². The van der Waals surface area contributed by atoms with E-state index in [1.54, 1.807) is 0 Å². The van der Waals surface area contributed by atoms with Crippen LogP contribution in [0.2, 0.25) is 0 Å². The summed E-state index contributed by atoms with van der Waals surface area (Å²) in [7, 11) is 0. The first kappa shape index (κ1) is 17.4. The normalized spacial score (nSPS) is 24.8. The van der Waals surface area contributed by atoms with E-state index in [0.29, 0.717) is 4.75 Å². The first-order valence-electron chi connectivity index (χ1n) is 8.60. The van der Waals surface area contributed by atoms with Crippen molar-refractivity contribution in [2.45, 2.75) is 95.8 Å². The highest BCUT2D eigenvalue weighted by atomic mass is 32.2. The van der Waals surface area contributed by atoms with Crippen LogP contribution in [-0.4, -0.2) is 23.1 Å². The molecule has 1 fully saturated rings. The van der Waals surface area contributed by atoms with Crippen LogP contribution in [-0.2, 0) is 0 Å². The molecule has 1 saturated heterocycles. The van der Waals surface area contributed by atoms with Crippen molar-refractivity contribution in [2.24, 2.45) is 0 Å². The maximum atomic E-state index is 3.83. The molecule has 114 valence electrons. The van der Waals surface area contributed by atoms with Crippen molar-refractivity contribution in [3.63, 3.8) is 0 Å². The summed E-state index contributed by atoms with van der Waals surface area (Å²) >= 11 is 2.21. The lowest BCUT2D eigenvalue weighted by Gasteiger charge is -2.34. The molecule has 0 spiro atoms. The summed E-state index contributed by atoms with van der Waals surface area (Å²) in [5, 5.41) is 3.83. The Morgan fingerprint density at radius 1 is 1.05 bits per heavy atom. The standard InChI is InChI=1S/C17H35NS/c1-4-6-7-8-9-10-12-16(18-14-5-2)17(3)13-11-15-19-17/h16,18H,4-15H2,1-3H3. The summed E-state index contributed by atoms with van der Waals surface area (Å²) in [5.74, 6) is 1.37. The zero-order valence-electron chi connectivity index (χ0n) is 13.5. The Bertz CT molecular complexity index is 211. The Hall–Kier alpha value is 0.310. The second-order valence-corrected chi connectivity index (χ2v) is 7.96. The lowest BCUT2D eigenvalue weighted by Crippen LogP contribution is -2.45. The van der Waals surface area contributed by atoms with Gasteiger partial charge in [-0.2, -0.15) is 11.8 Å². The number of nitrogens with one attached hydrogen (secondary N) is 1. The molecule has 2 atom stereocenters. The molecule has 1 heterocycles. The van der Waals surface area contributed by atoms with E-state index in [1.807, 2.05) is 0 Å². The molecule has 0 aliphatic carbocycles. The molecule has 0 aromatic carbocycles. The van der Waals surface area contributed by atoms with Crippen molar-refractivity contribution in [3.8, 4) is 0 Å². The molecule has 0 saturated carbocycles. The minimum atomic E-state index is 0.512. The molecule has 0 amide bonds. The van der Waals surface area contributed by atoms with Crippen LogP contribution in [0.3, 0.4) is 0 Å². The zero-order chi connectivity index (χ0) is 14.0. The van der Waals surface area contributed by atoms with E-state index in [4.69, 9.17) is 0 Å². The second kappa shape index (κ2) is 10.1. The van der Waals surface area contributed by atoms with E-state index in [0.717, 1.165) is 6.04 Å². The molecule has 19 heavy (non-hydrogen) atoms. The monoisotopic (exact) mass is 285 g/mol. The van der Waals surface area contributed by atoms with Gasteiger partial charge in [0.25, 0.3) is 0 Å². The van der Waals surface area contributed by atoms with Crippen molar-refractivity contribution in [1.82, 2.24) is 5.32 Å². The lowest BCUT2D eigenvalue weighted by atomic mass is 9.91. The third-order valence-corrected chi connectivity index (χ3v) is 6.11. The fourth-order valence-corrected chi connectivity index (χ4v) is 4.59. The molecular weight excluding hydrogens is 250 g/mol. The van der Waals surface area contributed by atoms with Crippen LogP contribution in [0.5, 0.6) is 0 Å². The van der Waals surface area contributed by atoms with Gasteiger partial charge in [-0.1, -0.05) is 52.4 Å². The van der Waals surface area contributed by atoms with Gasteiger partial charge in [-0.15, -0.1) is 0 Å². The first-order chi connectivity index (χ1) is 9.23. The van der Waals surface area contributed by atoms with Crippen molar-refractivity contribution in [1.29, 1.82) is 0 Å². The third-order valence-electron chi connectivity index (χ3n) is 4.47. The number of rotatable bonds is 11. The summed E-state index contributed by atoms with van der Waals surface area (Å²) in [5.41, 5.74) is 0. The van der Waals surface area contributed by atoms with E-state index in [-0.39, 0.29) is 0 Å². The SMILES string of the molecule is CCCCCCCCC(NCCC)C1(C)CCCS1. The zero-order valence-corrected chi connectivity index (χ0v) is 14.3. The third kappa shape index (κ3) is 6.53. The molecule has 0 aromatic rings. The van der Waals surface area contributed by atoms with Gasteiger partial charge in [-0.05, 0) is 44.9 Å². The fourth-order valence-electron chi connectivity index (χ4n) is 3.15. The van der Waals surface area contributed by atoms with Crippen LogP contribution in [0.25, 0.3) is 0 Å². The summed E-state index contributed by atoms with van der Waals surface area (Å²) in [4.78, 5) is 0. The molecule has 1 nitrogen and oxygen atoms in total. The topological polar surface area (TPSA) is 12.0 Å². The predicted octanol–water partition coefficient (Wildman–Crippen LogP) is 5.39. The summed E-state index contributed by atoms with van der Waals surface area (Å²) in [6, 6.07) is 0.742. The van der Waals surface area contributed by atoms with Crippen molar-refractivity contribution in [2.75, 3.05) is 12.3 Å². The average Bonchev–Trinajstić information content (AvgIpc) is 2.85. The summed E-state index contributed by atoms with van der Waals surface area (Å²) in [6.07, 6.45) is 14.0. The van der Waals surface area contributed by atoms with Crippen molar-refractivity contribution in [3.05, 3.63) is 0 Å². The van der Waals surface area contributed by atoms with E-state index >= 15 is 0 Å². The van der Waals surface area contributed by atoms with Gasteiger partial charge < -0.3 is 5.32 Å². The number of thioether (sulfide) groups is 1. The van der Waals surface area contributed by atoms with E-state index in [9.17, 15) is 0 Å². The molecule has 1 aliphatic heterocycles. The van der Waals surface area contributed by atoms with Gasteiger partial charge in [0.2, 0.25) is 0 Å². The molecular formula is C17H35NS. The van der Waals surface area contributed by atoms with Gasteiger partial charge in [0.1, 0.15) is 0 Å². The van der Waals surface area contributed by atoms with Gasteiger partial charge in [-0.25, -0.2) is 0 Å². The first-order valence-corrected chi connectivity index (χ1v) is 9.59. The molecule has 0 aromatic heterocycles. The molecule has 2 heteroatoms. The molecule has 0 bridgehead atoms. The Labute approximate surface area is 125 Å². The van der Waals surface area contributed by atoms with Gasteiger partial charge in [-0.3, -0.25) is 0 Å². The Balaban J connectivity index is 2.25. The second-order valence-electron chi connectivity index (χ2n) is 6.33. The average molecular weight is 286 g/mol. The van der Waals surface area contributed by atoms with Crippen LogP contribution >= 0.6 is 11.8 Å². The van der Waals surface area contributed by atoms with Gasteiger partial charge in [0, 0.05) is 10.8 Å². The highest BCUT2D eigenvalue weighted by molar-refractivity contribution is 8.00. The molecule has 0 radical (unpaired) electrons. The maximum absolute atomic E-state index is 3.83. The Kier molecular flexibility index (Phi) is 9.23. The van der Waals surface area contributed by atoms with Crippen LogP contribution < -0.4 is 5.32 Å². The largest absolute Gasteiger partial charge is 0.313 e. The van der Waals surface area contributed by atoms with Crippen LogP contribution in [0.4, 0.5) is 0 Å². The number of unbranched alkanes of at least 4 members (excludes halogenated alkanes) is 5. The van der Waals surface area contributed by atoms with E-state index < -0.39 is 0 Å². The Morgan fingerprint density at radius 2 is 1.79 bits per heavy atom. The summed E-state index contributed by atoms with van der Waals surface area (Å²) in [6.45, 7) is 8.26. The number of hydrogen-bond acceptors (Lipinski definition) is 2. The van der Waals surface area contributed by atoms with Crippen molar-refractivity contribution >= 4 is 11.8 Å². The molecule has 1 rings (SSSR count). The minimum absolute atomic E-state index is 0.512. The van der Waals surface area contributed by atoms with Crippen LogP contribution in [0, 0.1) is 0 Å². The minimum Gasteiger partial charge on any atom is -0.313 e. The highest BCUT2D eigenvalue weighted by Gasteiger charge is 2.36. The van der Waals surface area contributed by atoms with E-state index in [1.165, 1.54) is 76.5 Å². The quantitative estimate of drug-likeness (QED) is 0.511. The van der Waals surface area contributed by atoms with E-state index in [2.05, 4.69) is 37.8 Å². The van der Waals surface area contributed by atoms with Crippen molar-refractivity contribution < 1.29 is 0 Å². The van der Waals surface area contributed by atoms with Crippen LogP contribution in [0.1, 0.15) is 85.0 Å². The van der Waals surface area contributed by atoms with Gasteiger partial charge in [0.15, 0.2) is 0 Å².